The Morgan fingerprint density at radius 2 is 1.69 bits per heavy atom. The van der Waals surface area contributed by atoms with Crippen molar-refractivity contribution >= 4 is 5.91 Å². The van der Waals surface area contributed by atoms with Crippen molar-refractivity contribution in [3.63, 3.8) is 0 Å². The Balaban J connectivity index is 1.06. The molecule has 0 saturated carbocycles. The van der Waals surface area contributed by atoms with Crippen LogP contribution in [0.4, 0.5) is 0 Å². The van der Waals surface area contributed by atoms with Crippen LogP contribution in [0.1, 0.15) is 40.2 Å². The first-order valence-electron chi connectivity index (χ1n) is 12.4. The van der Waals surface area contributed by atoms with E-state index in [1.807, 2.05) is 17.0 Å². The molecule has 2 saturated heterocycles. The summed E-state index contributed by atoms with van der Waals surface area (Å²) < 4.78 is 16.6. The zero-order valence-electron chi connectivity index (χ0n) is 20.0. The summed E-state index contributed by atoms with van der Waals surface area (Å²) in [5.41, 5.74) is 2.88. The van der Waals surface area contributed by atoms with Crippen LogP contribution in [0.3, 0.4) is 0 Å². The lowest BCUT2D eigenvalue weighted by Gasteiger charge is -2.31. The minimum atomic E-state index is -0.0287. The molecule has 184 valence electrons. The lowest BCUT2D eigenvalue weighted by Crippen LogP contribution is -2.39. The molecule has 5 rings (SSSR count). The first kappa shape index (κ1) is 23.5. The van der Waals surface area contributed by atoms with Gasteiger partial charge in [0.1, 0.15) is 12.4 Å². The van der Waals surface area contributed by atoms with Crippen LogP contribution in [-0.4, -0.2) is 65.2 Å². The van der Waals surface area contributed by atoms with E-state index in [1.54, 1.807) is 18.5 Å². The average Bonchev–Trinajstić information content (AvgIpc) is 3.38. The standard InChI is InChI=1S/C27H32N4O4/c32-27(26-18-25(35-29-26)19-30-13-15-33-16-14-30)31-11-7-22(8-12-31)17-21-1-3-23(4-2-21)20-34-24-5-9-28-10-6-24/h1-6,9-10,18,22H,7-8,11-17,19-20H2. The van der Waals surface area contributed by atoms with E-state index in [0.29, 0.717) is 24.8 Å². The third-order valence-corrected chi connectivity index (χ3v) is 6.77. The van der Waals surface area contributed by atoms with E-state index in [0.717, 1.165) is 75.7 Å². The summed E-state index contributed by atoms with van der Waals surface area (Å²) in [5, 5.41) is 4.05. The monoisotopic (exact) mass is 476 g/mol. The fraction of sp³-hybridized carbons (Fsp3) is 0.444. The second-order valence-electron chi connectivity index (χ2n) is 9.29. The Hall–Kier alpha value is -3.23. The fourth-order valence-electron chi connectivity index (χ4n) is 4.68. The number of piperidine rings is 1. The number of ether oxygens (including phenoxy) is 2. The van der Waals surface area contributed by atoms with Crippen molar-refractivity contribution in [1.82, 2.24) is 19.9 Å². The summed E-state index contributed by atoms with van der Waals surface area (Å²) in [6.07, 6.45) is 6.48. The molecule has 0 unspecified atom stereocenters. The summed E-state index contributed by atoms with van der Waals surface area (Å²) in [6.45, 7) is 5.94. The first-order valence-corrected chi connectivity index (χ1v) is 12.4. The molecule has 0 N–H and O–H groups in total. The van der Waals surface area contributed by atoms with Crippen LogP contribution in [0.25, 0.3) is 0 Å². The lowest BCUT2D eigenvalue weighted by atomic mass is 9.90. The molecule has 1 amide bonds. The molecule has 8 heteroatoms. The second-order valence-corrected chi connectivity index (χ2v) is 9.29. The zero-order chi connectivity index (χ0) is 23.9. The molecule has 0 spiro atoms. The van der Waals surface area contributed by atoms with E-state index in [4.69, 9.17) is 14.0 Å². The highest BCUT2D eigenvalue weighted by molar-refractivity contribution is 5.92. The second kappa shape index (κ2) is 11.5. The van der Waals surface area contributed by atoms with Gasteiger partial charge in [0, 0.05) is 44.6 Å². The molecule has 2 aliphatic heterocycles. The van der Waals surface area contributed by atoms with E-state index in [1.165, 1.54) is 5.56 Å². The minimum Gasteiger partial charge on any atom is -0.489 e. The van der Waals surface area contributed by atoms with Crippen molar-refractivity contribution in [3.05, 3.63) is 77.4 Å². The molecule has 0 radical (unpaired) electrons. The molecule has 8 nitrogen and oxygen atoms in total. The van der Waals surface area contributed by atoms with Gasteiger partial charge in [-0.05, 0) is 48.4 Å². The number of hydrogen-bond donors (Lipinski definition) is 0. The molecular weight excluding hydrogens is 444 g/mol. The molecule has 35 heavy (non-hydrogen) atoms. The van der Waals surface area contributed by atoms with Crippen LogP contribution in [0, 0.1) is 5.92 Å². The fourth-order valence-corrected chi connectivity index (χ4v) is 4.68. The van der Waals surface area contributed by atoms with E-state index in [2.05, 4.69) is 39.3 Å². The molecular formula is C27H32N4O4. The number of nitrogens with zero attached hydrogens (tertiary/aromatic N) is 4. The van der Waals surface area contributed by atoms with Crippen molar-refractivity contribution < 1.29 is 18.8 Å². The Morgan fingerprint density at radius 3 is 2.43 bits per heavy atom. The Morgan fingerprint density at radius 1 is 0.971 bits per heavy atom. The number of benzene rings is 1. The summed E-state index contributed by atoms with van der Waals surface area (Å²) in [5.74, 6) is 2.11. The Kier molecular flexibility index (Phi) is 7.70. The van der Waals surface area contributed by atoms with Crippen LogP contribution >= 0.6 is 0 Å². The summed E-state index contributed by atoms with van der Waals surface area (Å²) in [6, 6.07) is 14.2. The van der Waals surface area contributed by atoms with E-state index in [9.17, 15) is 4.79 Å². The number of morpholine rings is 1. The van der Waals surface area contributed by atoms with Gasteiger partial charge in [-0.2, -0.15) is 0 Å². The maximum absolute atomic E-state index is 12.9. The normalized spacial score (nSPS) is 17.4. The molecule has 0 aliphatic carbocycles. The number of amides is 1. The minimum absolute atomic E-state index is 0.0287. The molecule has 1 aromatic carbocycles. The molecule has 2 fully saturated rings. The van der Waals surface area contributed by atoms with Crippen molar-refractivity contribution in [2.24, 2.45) is 5.92 Å². The number of aromatic nitrogens is 2. The van der Waals surface area contributed by atoms with Gasteiger partial charge in [-0.1, -0.05) is 29.4 Å². The van der Waals surface area contributed by atoms with Crippen molar-refractivity contribution in [3.8, 4) is 5.75 Å². The molecule has 3 aromatic rings. The number of carbonyl (C=O) groups is 1. The van der Waals surface area contributed by atoms with Crippen LogP contribution in [0.2, 0.25) is 0 Å². The summed E-state index contributed by atoms with van der Waals surface area (Å²) in [4.78, 5) is 21.1. The number of hydrogen-bond acceptors (Lipinski definition) is 7. The third kappa shape index (κ3) is 6.46. The van der Waals surface area contributed by atoms with Crippen LogP contribution in [-0.2, 0) is 24.3 Å². The maximum atomic E-state index is 12.9. The van der Waals surface area contributed by atoms with Gasteiger partial charge in [-0.25, -0.2) is 0 Å². The number of carbonyl (C=O) groups excluding carboxylic acids is 1. The van der Waals surface area contributed by atoms with Gasteiger partial charge < -0.3 is 18.9 Å². The third-order valence-electron chi connectivity index (χ3n) is 6.77. The molecule has 0 bridgehead atoms. The van der Waals surface area contributed by atoms with Crippen LogP contribution in [0.15, 0.2) is 59.4 Å². The van der Waals surface area contributed by atoms with E-state index in [-0.39, 0.29) is 5.91 Å². The van der Waals surface area contributed by atoms with Crippen LogP contribution < -0.4 is 4.74 Å². The van der Waals surface area contributed by atoms with Gasteiger partial charge in [0.25, 0.3) is 5.91 Å². The smallest absolute Gasteiger partial charge is 0.276 e. The molecule has 2 aliphatic rings. The van der Waals surface area contributed by atoms with Crippen molar-refractivity contribution in [2.45, 2.75) is 32.4 Å². The van der Waals surface area contributed by atoms with Gasteiger partial charge in [0.05, 0.1) is 19.8 Å². The largest absolute Gasteiger partial charge is 0.489 e. The SMILES string of the molecule is O=C(c1cc(CN2CCOCC2)on1)N1CCC(Cc2ccc(COc3ccncc3)cc2)CC1. The number of likely N-dealkylation sites (tertiary alicyclic amines) is 1. The first-order chi connectivity index (χ1) is 17.2. The van der Waals surface area contributed by atoms with E-state index >= 15 is 0 Å². The maximum Gasteiger partial charge on any atom is 0.276 e. The van der Waals surface area contributed by atoms with Crippen molar-refractivity contribution in [1.29, 1.82) is 0 Å². The van der Waals surface area contributed by atoms with Gasteiger partial charge in [-0.15, -0.1) is 0 Å². The number of rotatable bonds is 8. The van der Waals surface area contributed by atoms with Crippen LogP contribution in [0.5, 0.6) is 5.75 Å². The number of pyridine rings is 1. The Bertz CT molecular complexity index is 1070. The molecule has 4 heterocycles. The summed E-state index contributed by atoms with van der Waals surface area (Å²) >= 11 is 0. The zero-order valence-corrected chi connectivity index (χ0v) is 20.0. The lowest BCUT2D eigenvalue weighted by molar-refractivity contribution is 0.0305. The van der Waals surface area contributed by atoms with Gasteiger partial charge in [0.2, 0.25) is 0 Å². The summed E-state index contributed by atoms with van der Waals surface area (Å²) in [7, 11) is 0. The van der Waals surface area contributed by atoms with Crippen molar-refractivity contribution in [2.75, 3.05) is 39.4 Å². The predicted octanol–water partition coefficient (Wildman–Crippen LogP) is 3.58. The highest BCUT2D eigenvalue weighted by Crippen LogP contribution is 2.23. The highest BCUT2D eigenvalue weighted by Gasteiger charge is 2.26. The van der Waals surface area contributed by atoms with E-state index < -0.39 is 0 Å². The van der Waals surface area contributed by atoms with Gasteiger partial charge in [-0.3, -0.25) is 14.7 Å². The van der Waals surface area contributed by atoms with Gasteiger partial charge in [0.15, 0.2) is 11.5 Å². The predicted molar refractivity (Wildman–Crippen MR) is 130 cm³/mol. The molecule has 0 atom stereocenters. The quantitative estimate of drug-likeness (QED) is 0.492. The molecule has 2 aromatic heterocycles. The Labute approximate surface area is 205 Å². The highest BCUT2D eigenvalue weighted by atomic mass is 16.5. The average molecular weight is 477 g/mol. The van der Waals surface area contributed by atoms with Gasteiger partial charge >= 0.3 is 0 Å². The topological polar surface area (TPSA) is 80.9 Å².